The van der Waals surface area contributed by atoms with Crippen LogP contribution < -0.4 is 4.74 Å². The standard InChI is InChI=1S/C16H25FO4Si/c1-16(2,3)22(4,5)21-14(10-17)11-20-13-8-6-12(7-9-13)15(18)19/h6-9,14H,10-11H2,1-5H3,(H,18,19). The molecule has 0 aromatic heterocycles. The van der Waals surface area contributed by atoms with Crippen molar-refractivity contribution in [2.45, 2.75) is 45.0 Å². The summed E-state index contributed by atoms with van der Waals surface area (Å²) in [6, 6.07) is 6.03. The number of aromatic carboxylic acids is 1. The Kier molecular flexibility index (Phi) is 6.14. The largest absolute Gasteiger partial charge is 0.491 e. The second-order valence-corrected chi connectivity index (χ2v) is 11.6. The third kappa shape index (κ3) is 5.10. The van der Waals surface area contributed by atoms with Crippen LogP contribution in [-0.4, -0.2) is 38.8 Å². The van der Waals surface area contributed by atoms with Crippen LogP contribution in [0.4, 0.5) is 4.39 Å². The van der Waals surface area contributed by atoms with Gasteiger partial charge in [0.15, 0.2) is 8.32 Å². The SMILES string of the molecule is CC(C)(C)[Si](C)(C)OC(CF)COc1ccc(C(=O)O)cc1. The lowest BCUT2D eigenvalue weighted by molar-refractivity contribution is 0.0696. The molecule has 0 bridgehead atoms. The molecule has 1 atom stereocenters. The average Bonchev–Trinajstić information content (AvgIpc) is 2.42. The van der Waals surface area contributed by atoms with E-state index in [1.165, 1.54) is 12.1 Å². The molecule has 124 valence electrons. The first-order valence-electron chi connectivity index (χ1n) is 7.27. The Morgan fingerprint density at radius 3 is 2.23 bits per heavy atom. The number of hydrogen-bond donors (Lipinski definition) is 1. The number of carboxylic acids is 1. The molecule has 0 fully saturated rings. The summed E-state index contributed by atoms with van der Waals surface area (Å²) in [6.07, 6.45) is -0.611. The minimum Gasteiger partial charge on any atom is -0.491 e. The zero-order chi connectivity index (χ0) is 17.0. The molecule has 0 radical (unpaired) electrons. The second kappa shape index (κ2) is 7.24. The van der Waals surface area contributed by atoms with Crippen molar-refractivity contribution in [2.24, 2.45) is 0 Å². The van der Waals surface area contributed by atoms with Crippen LogP contribution in [0.5, 0.6) is 5.75 Å². The molecule has 1 aromatic rings. The molecule has 6 heteroatoms. The van der Waals surface area contributed by atoms with Crippen molar-refractivity contribution >= 4 is 14.3 Å². The van der Waals surface area contributed by atoms with Crippen LogP contribution in [0.25, 0.3) is 0 Å². The van der Waals surface area contributed by atoms with Gasteiger partial charge in [-0.1, -0.05) is 20.8 Å². The van der Waals surface area contributed by atoms with E-state index in [4.69, 9.17) is 14.3 Å². The van der Waals surface area contributed by atoms with Gasteiger partial charge in [-0.25, -0.2) is 9.18 Å². The van der Waals surface area contributed by atoms with Gasteiger partial charge in [-0.15, -0.1) is 0 Å². The summed E-state index contributed by atoms with van der Waals surface area (Å²) in [7, 11) is -2.05. The normalized spacial score (nSPS) is 13.7. The predicted molar refractivity (Wildman–Crippen MR) is 86.9 cm³/mol. The van der Waals surface area contributed by atoms with Gasteiger partial charge in [0, 0.05) is 0 Å². The fourth-order valence-corrected chi connectivity index (χ4v) is 2.90. The summed E-state index contributed by atoms with van der Waals surface area (Å²) in [4.78, 5) is 10.8. The van der Waals surface area contributed by atoms with Crippen LogP contribution in [0.1, 0.15) is 31.1 Å². The summed E-state index contributed by atoms with van der Waals surface area (Å²) < 4.78 is 24.7. The first kappa shape index (κ1) is 18.6. The Morgan fingerprint density at radius 2 is 1.82 bits per heavy atom. The Balaban J connectivity index is 2.62. The smallest absolute Gasteiger partial charge is 0.335 e. The molecule has 0 spiro atoms. The summed E-state index contributed by atoms with van der Waals surface area (Å²) in [5.74, 6) is -0.489. The van der Waals surface area contributed by atoms with E-state index in [1.807, 2.05) is 0 Å². The molecular weight excluding hydrogens is 303 g/mol. The zero-order valence-corrected chi connectivity index (χ0v) is 14.9. The van der Waals surface area contributed by atoms with Crippen LogP contribution in [-0.2, 0) is 4.43 Å². The first-order chi connectivity index (χ1) is 10.1. The third-order valence-electron chi connectivity index (χ3n) is 3.98. The molecule has 1 N–H and O–H groups in total. The van der Waals surface area contributed by atoms with Gasteiger partial charge < -0.3 is 14.3 Å². The van der Waals surface area contributed by atoms with Gasteiger partial charge >= 0.3 is 5.97 Å². The van der Waals surface area contributed by atoms with Crippen molar-refractivity contribution in [3.8, 4) is 5.75 Å². The fraction of sp³-hybridized carbons (Fsp3) is 0.562. The highest BCUT2D eigenvalue weighted by Gasteiger charge is 2.39. The van der Waals surface area contributed by atoms with Crippen molar-refractivity contribution in [3.05, 3.63) is 29.8 Å². The van der Waals surface area contributed by atoms with Crippen molar-refractivity contribution in [1.29, 1.82) is 0 Å². The highest BCUT2D eigenvalue weighted by Crippen LogP contribution is 2.37. The lowest BCUT2D eigenvalue weighted by atomic mass is 10.2. The summed E-state index contributed by atoms with van der Waals surface area (Å²) in [5, 5.41) is 8.83. The van der Waals surface area contributed by atoms with Gasteiger partial charge in [-0.3, -0.25) is 0 Å². The fourth-order valence-electron chi connectivity index (χ4n) is 1.59. The summed E-state index contributed by atoms with van der Waals surface area (Å²) in [6.45, 7) is 9.92. The molecule has 1 aromatic carbocycles. The molecule has 4 nitrogen and oxygen atoms in total. The lowest BCUT2D eigenvalue weighted by Crippen LogP contribution is -2.46. The van der Waals surface area contributed by atoms with Gasteiger partial charge in [-0.2, -0.15) is 0 Å². The number of halogens is 1. The molecule has 22 heavy (non-hydrogen) atoms. The van der Waals surface area contributed by atoms with Crippen molar-refractivity contribution in [3.63, 3.8) is 0 Å². The van der Waals surface area contributed by atoms with E-state index in [9.17, 15) is 9.18 Å². The predicted octanol–water partition coefficient (Wildman–Crippen LogP) is 4.12. The molecule has 0 aliphatic carbocycles. The van der Waals surface area contributed by atoms with E-state index in [1.54, 1.807) is 12.1 Å². The summed E-state index contributed by atoms with van der Waals surface area (Å²) in [5.41, 5.74) is 0.187. The number of benzene rings is 1. The highest BCUT2D eigenvalue weighted by atomic mass is 28.4. The molecule has 0 amide bonds. The maximum Gasteiger partial charge on any atom is 0.335 e. The van der Waals surface area contributed by atoms with Crippen LogP contribution in [0.3, 0.4) is 0 Å². The van der Waals surface area contributed by atoms with Gasteiger partial charge in [0.1, 0.15) is 25.1 Å². The second-order valence-electron chi connectivity index (χ2n) is 6.80. The maximum absolute atomic E-state index is 13.2. The van der Waals surface area contributed by atoms with E-state index in [0.717, 1.165) is 0 Å². The average molecular weight is 328 g/mol. The Hall–Kier alpha value is -1.40. The molecule has 1 unspecified atom stereocenters. The Morgan fingerprint density at radius 1 is 1.27 bits per heavy atom. The zero-order valence-electron chi connectivity index (χ0n) is 13.9. The van der Waals surface area contributed by atoms with E-state index in [2.05, 4.69) is 33.9 Å². The van der Waals surface area contributed by atoms with E-state index in [-0.39, 0.29) is 17.2 Å². The number of alkyl halides is 1. The van der Waals surface area contributed by atoms with Crippen molar-refractivity contribution in [2.75, 3.05) is 13.3 Å². The first-order valence-corrected chi connectivity index (χ1v) is 10.2. The molecular formula is C16H25FO4Si. The topological polar surface area (TPSA) is 55.8 Å². The van der Waals surface area contributed by atoms with Crippen LogP contribution in [0, 0.1) is 0 Å². The number of carboxylic acid groups (broad SMARTS) is 1. The lowest BCUT2D eigenvalue weighted by Gasteiger charge is -2.38. The molecule has 0 aliphatic rings. The Bertz CT molecular complexity index is 494. The molecule has 1 rings (SSSR count). The number of rotatable bonds is 7. The minimum atomic E-state index is -2.05. The molecule has 0 aliphatic heterocycles. The maximum atomic E-state index is 13.2. The van der Waals surface area contributed by atoms with E-state index in [0.29, 0.717) is 5.75 Å². The number of ether oxygens (including phenoxy) is 1. The quantitative estimate of drug-likeness (QED) is 0.765. The molecule has 0 heterocycles. The van der Waals surface area contributed by atoms with Crippen molar-refractivity contribution in [1.82, 2.24) is 0 Å². The van der Waals surface area contributed by atoms with Gasteiger partial charge in [0.25, 0.3) is 0 Å². The van der Waals surface area contributed by atoms with Gasteiger partial charge in [0.2, 0.25) is 0 Å². The molecule has 0 saturated heterocycles. The Labute approximate surface area is 132 Å². The number of hydrogen-bond acceptors (Lipinski definition) is 3. The monoisotopic (exact) mass is 328 g/mol. The van der Waals surface area contributed by atoms with Gasteiger partial charge in [-0.05, 0) is 42.4 Å². The summed E-state index contributed by atoms with van der Waals surface area (Å²) >= 11 is 0. The van der Waals surface area contributed by atoms with Crippen LogP contribution >= 0.6 is 0 Å². The van der Waals surface area contributed by atoms with Gasteiger partial charge in [0.05, 0.1) is 5.56 Å². The minimum absolute atomic E-state index is 0.00353. The van der Waals surface area contributed by atoms with E-state index >= 15 is 0 Å². The highest BCUT2D eigenvalue weighted by molar-refractivity contribution is 6.74. The van der Waals surface area contributed by atoms with Crippen LogP contribution in [0.15, 0.2) is 24.3 Å². The third-order valence-corrected chi connectivity index (χ3v) is 8.51. The van der Waals surface area contributed by atoms with Crippen LogP contribution in [0.2, 0.25) is 18.1 Å². The number of carbonyl (C=O) groups is 1. The van der Waals surface area contributed by atoms with Crippen molar-refractivity contribution < 1.29 is 23.5 Å². The molecule has 0 saturated carbocycles. The van der Waals surface area contributed by atoms with E-state index < -0.39 is 27.1 Å².